The highest BCUT2D eigenvalue weighted by atomic mass is 16.4. The van der Waals surface area contributed by atoms with Crippen molar-refractivity contribution in [2.24, 2.45) is 5.92 Å². The molecule has 0 radical (unpaired) electrons. The number of phenolic OH excluding ortho intramolecular Hbond substituents is 2. The van der Waals surface area contributed by atoms with Crippen molar-refractivity contribution in [1.29, 1.82) is 0 Å². The number of carbonyl (C=O) groups excluding carboxylic acids is 6. The first-order chi connectivity index (χ1) is 29.6. The zero-order valence-corrected chi connectivity index (χ0v) is 35.4. The minimum atomic E-state index is -1.32. The van der Waals surface area contributed by atoms with Crippen LogP contribution in [-0.2, 0) is 48.0 Å². The summed E-state index contributed by atoms with van der Waals surface area (Å²) in [6, 6.07) is 14.7. The van der Waals surface area contributed by atoms with Crippen LogP contribution in [0.5, 0.6) is 11.5 Å². The number of amides is 7. The average Bonchev–Trinajstić information content (AvgIpc) is 3.25. The number of hydrogen-bond acceptors (Lipinski definition) is 9. The summed E-state index contributed by atoms with van der Waals surface area (Å²) in [6.45, 7) is 3.28. The number of carboxylic acid groups (broad SMARTS) is 1. The van der Waals surface area contributed by atoms with E-state index >= 15 is 0 Å². The molecule has 0 saturated carbocycles. The minimum absolute atomic E-state index is 0.0192. The Hall–Kier alpha value is -6.65. The van der Waals surface area contributed by atoms with E-state index in [1.807, 2.05) is 6.92 Å². The summed E-state index contributed by atoms with van der Waals surface area (Å²) < 4.78 is 0. The Kier molecular flexibility index (Phi) is 18.6. The van der Waals surface area contributed by atoms with Crippen molar-refractivity contribution in [2.75, 3.05) is 20.1 Å². The number of urea groups is 1. The summed E-state index contributed by atoms with van der Waals surface area (Å²) in [5.41, 5.74) is 2.24. The van der Waals surface area contributed by atoms with Crippen molar-refractivity contribution in [3.05, 3.63) is 95.6 Å². The van der Waals surface area contributed by atoms with Crippen LogP contribution in [0.15, 0.2) is 78.9 Å². The number of nitrogens with zero attached hydrogens (tertiary/aromatic N) is 1. The smallest absolute Gasteiger partial charge is 0.326 e. The lowest BCUT2D eigenvalue weighted by Gasteiger charge is -2.30. The van der Waals surface area contributed by atoms with E-state index in [2.05, 4.69) is 31.9 Å². The zero-order valence-electron chi connectivity index (χ0n) is 35.4. The first kappa shape index (κ1) is 48.0. The van der Waals surface area contributed by atoms with Gasteiger partial charge in [0.2, 0.25) is 29.5 Å². The standard InChI is InChI=1S/C45H59N7O10/c1-4-28(2)39-42(58)48-36(24-18-30-15-21-33(54)22-16-30)43(59)52(3)27-38(55)47-35(23-17-29-13-19-32(53)20-14-29)40(56)46-25-9-8-12-34(41(57)51-39)49-45(62)50-37(44(60)61)26-31-10-6-5-7-11-31/h5-7,10-11,13-16,19-22,28,34-37,39,53-54H,4,8-9,12,17-18,23-27H2,1-3H3,(H,46,56)(H,47,55)(H,48,58)(H,51,57)(H,60,61)(H2,49,50,62)/t28-,34?,35+,36?,37+,39+/m1/s1. The second-order valence-electron chi connectivity index (χ2n) is 15.7. The van der Waals surface area contributed by atoms with Gasteiger partial charge in [0.05, 0.1) is 6.54 Å². The highest BCUT2D eigenvalue weighted by Gasteiger charge is 2.34. The van der Waals surface area contributed by atoms with E-state index in [1.165, 1.54) is 31.3 Å². The fraction of sp³-hybridized carbons (Fsp3) is 0.444. The molecule has 0 bridgehead atoms. The molecule has 1 aliphatic rings. The number of phenols is 2. The third-order valence-electron chi connectivity index (χ3n) is 10.9. The van der Waals surface area contributed by atoms with Crippen LogP contribution in [0.1, 0.15) is 69.1 Å². The third-order valence-corrected chi connectivity index (χ3v) is 10.9. The van der Waals surface area contributed by atoms with Gasteiger partial charge in [0.25, 0.3) is 0 Å². The molecule has 0 spiro atoms. The molecule has 17 nitrogen and oxygen atoms in total. The van der Waals surface area contributed by atoms with Crippen LogP contribution in [0, 0.1) is 5.92 Å². The molecule has 6 atom stereocenters. The van der Waals surface area contributed by atoms with Crippen molar-refractivity contribution >= 4 is 41.5 Å². The van der Waals surface area contributed by atoms with Gasteiger partial charge < -0.3 is 52.1 Å². The molecule has 4 rings (SSSR count). The largest absolute Gasteiger partial charge is 0.508 e. The summed E-state index contributed by atoms with van der Waals surface area (Å²) >= 11 is 0. The van der Waals surface area contributed by atoms with Gasteiger partial charge in [-0.25, -0.2) is 9.59 Å². The Labute approximate surface area is 361 Å². The lowest BCUT2D eigenvalue weighted by Crippen LogP contribution is -2.60. The number of aliphatic carboxylic acids is 1. The number of hydrogen-bond donors (Lipinski definition) is 9. The molecule has 3 aromatic rings. The quantitative estimate of drug-likeness (QED) is 0.121. The fourth-order valence-electron chi connectivity index (χ4n) is 6.98. The van der Waals surface area contributed by atoms with Gasteiger partial charge in [0.1, 0.15) is 41.7 Å². The predicted octanol–water partition coefficient (Wildman–Crippen LogP) is 2.29. The number of carbonyl (C=O) groups is 7. The van der Waals surface area contributed by atoms with Crippen molar-refractivity contribution in [3.63, 3.8) is 0 Å². The molecular formula is C45H59N7O10. The maximum absolute atomic E-state index is 14.2. The van der Waals surface area contributed by atoms with Crippen molar-refractivity contribution in [3.8, 4) is 11.5 Å². The Balaban J connectivity index is 1.62. The second kappa shape index (κ2) is 24.0. The van der Waals surface area contributed by atoms with Crippen LogP contribution in [0.3, 0.4) is 0 Å². The molecule has 9 N–H and O–H groups in total. The summed E-state index contributed by atoms with van der Waals surface area (Å²) in [7, 11) is 1.40. The maximum Gasteiger partial charge on any atom is 0.326 e. The molecular weight excluding hydrogens is 799 g/mol. The first-order valence-electron chi connectivity index (χ1n) is 21.0. The fourth-order valence-corrected chi connectivity index (χ4v) is 6.98. The van der Waals surface area contributed by atoms with Gasteiger partial charge in [-0.1, -0.05) is 74.9 Å². The molecule has 1 aliphatic heterocycles. The molecule has 7 amide bonds. The van der Waals surface area contributed by atoms with E-state index in [0.29, 0.717) is 37.7 Å². The third kappa shape index (κ3) is 15.4. The molecule has 2 unspecified atom stereocenters. The molecule has 1 heterocycles. The normalized spacial score (nSPS) is 20.8. The van der Waals surface area contributed by atoms with Gasteiger partial charge >= 0.3 is 12.0 Å². The van der Waals surface area contributed by atoms with Gasteiger partial charge in [-0.3, -0.25) is 24.0 Å². The summed E-state index contributed by atoms with van der Waals surface area (Å²) in [6.07, 6.45) is 2.04. The van der Waals surface area contributed by atoms with E-state index in [-0.39, 0.29) is 43.7 Å². The Morgan fingerprint density at radius 1 is 0.758 bits per heavy atom. The highest BCUT2D eigenvalue weighted by Crippen LogP contribution is 2.16. The van der Waals surface area contributed by atoms with Gasteiger partial charge in [0, 0.05) is 20.0 Å². The van der Waals surface area contributed by atoms with Gasteiger partial charge in [-0.2, -0.15) is 0 Å². The van der Waals surface area contributed by atoms with E-state index in [1.54, 1.807) is 61.5 Å². The average molecular weight is 858 g/mol. The lowest BCUT2D eigenvalue weighted by atomic mass is 9.96. The number of likely N-dealkylation sites (N-methyl/N-ethyl adjacent to an activating group) is 1. The SMILES string of the molecule is CC[C@@H](C)[C@@H]1NC(=O)C(NC(=O)N[C@@H](Cc2ccccc2)C(=O)O)CCCCNC(=O)[C@H](CCc2ccc(O)cc2)NC(=O)CN(C)C(=O)C(CCc2ccc(O)cc2)NC1=O. The topological polar surface area (TPSA) is 256 Å². The highest BCUT2D eigenvalue weighted by molar-refractivity contribution is 5.96. The molecule has 1 fully saturated rings. The number of aryl methyl sites for hydroxylation is 2. The molecule has 1 saturated heterocycles. The van der Waals surface area contributed by atoms with Crippen LogP contribution < -0.4 is 31.9 Å². The minimum Gasteiger partial charge on any atom is -0.508 e. The predicted molar refractivity (Wildman–Crippen MR) is 230 cm³/mol. The number of benzene rings is 3. The van der Waals surface area contributed by atoms with Crippen molar-refractivity contribution in [1.82, 2.24) is 36.8 Å². The molecule has 62 heavy (non-hydrogen) atoms. The number of carboxylic acids is 1. The first-order valence-corrected chi connectivity index (χ1v) is 21.0. The van der Waals surface area contributed by atoms with Crippen LogP contribution >= 0.6 is 0 Å². The summed E-state index contributed by atoms with van der Waals surface area (Å²) in [5.74, 6) is -4.69. The lowest BCUT2D eigenvalue weighted by molar-refractivity contribution is -0.140. The van der Waals surface area contributed by atoms with E-state index in [0.717, 1.165) is 16.0 Å². The maximum atomic E-state index is 14.2. The van der Waals surface area contributed by atoms with Crippen LogP contribution in [0.2, 0.25) is 0 Å². The van der Waals surface area contributed by atoms with Crippen molar-refractivity contribution in [2.45, 2.75) is 102 Å². The second-order valence-corrected chi connectivity index (χ2v) is 15.7. The van der Waals surface area contributed by atoms with E-state index in [4.69, 9.17) is 0 Å². The number of aromatic hydroxyl groups is 2. The number of nitrogens with one attached hydrogen (secondary N) is 6. The zero-order chi connectivity index (χ0) is 45.2. The summed E-state index contributed by atoms with van der Waals surface area (Å²) in [4.78, 5) is 96.0. The van der Waals surface area contributed by atoms with Gasteiger partial charge in [0.15, 0.2) is 0 Å². The monoisotopic (exact) mass is 857 g/mol. The van der Waals surface area contributed by atoms with Gasteiger partial charge in [-0.05, 0) is 91.8 Å². The van der Waals surface area contributed by atoms with Crippen LogP contribution in [0.4, 0.5) is 4.79 Å². The molecule has 334 valence electrons. The molecule has 17 heteroatoms. The Morgan fingerprint density at radius 3 is 1.94 bits per heavy atom. The van der Waals surface area contributed by atoms with Crippen molar-refractivity contribution < 1.29 is 48.9 Å². The van der Waals surface area contributed by atoms with E-state index in [9.17, 15) is 48.9 Å². The van der Waals surface area contributed by atoms with E-state index < -0.39 is 84.2 Å². The molecule has 0 aromatic heterocycles. The molecule has 3 aromatic carbocycles. The van der Waals surface area contributed by atoms with Crippen LogP contribution in [0.25, 0.3) is 0 Å². The van der Waals surface area contributed by atoms with Gasteiger partial charge in [-0.15, -0.1) is 0 Å². The summed E-state index contributed by atoms with van der Waals surface area (Å²) in [5, 5.41) is 45.6. The van der Waals surface area contributed by atoms with Crippen LogP contribution in [-0.4, -0.2) is 112 Å². The number of rotatable bonds is 13. The molecule has 0 aliphatic carbocycles. The Morgan fingerprint density at radius 2 is 1.35 bits per heavy atom. The Bertz CT molecular complexity index is 1980.